The average Bonchev–Trinajstić information content (AvgIpc) is 2.50. The van der Waals surface area contributed by atoms with Crippen LogP contribution in [0.3, 0.4) is 0 Å². The first-order valence-corrected chi connectivity index (χ1v) is 7.05. The van der Waals surface area contributed by atoms with Crippen molar-refractivity contribution >= 4 is 27.5 Å². The maximum absolute atomic E-state index is 11.5. The number of sulfonamides is 1. The predicted octanol–water partition coefficient (Wildman–Crippen LogP) is -0.187. The Morgan fingerprint density at radius 3 is 2.73 bits per heavy atom. The van der Waals surface area contributed by atoms with Crippen LogP contribution in [-0.4, -0.2) is 38.5 Å². The van der Waals surface area contributed by atoms with Gasteiger partial charge in [0.25, 0.3) is 0 Å². The van der Waals surface area contributed by atoms with E-state index in [1.165, 1.54) is 0 Å². The average molecular weight is 255 g/mol. The highest BCUT2D eigenvalue weighted by molar-refractivity contribution is 7.89. The lowest BCUT2D eigenvalue weighted by atomic mass is 10.3. The van der Waals surface area contributed by atoms with Gasteiger partial charge in [0.1, 0.15) is 0 Å². The van der Waals surface area contributed by atoms with E-state index in [1.54, 1.807) is 0 Å². The van der Waals surface area contributed by atoms with Crippen molar-refractivity contribution in [1.82, 2.24) is 10.0 Å². The fraction of sp³-hybridized carbons (Fsp3) is 0.875. The number of halogens is 1. The number of rotatable bonds is 6. The highest BCUT2D eigenvalue weighted by Crippen LogP contribution is 2.03. The minimum Gasteiger partial charge on any atom is -0.354 e. The number of unbranched alkanes of at least 4 members (excludes halogenated alkanes) is 1. The Hall–Kier alpha value is -0.330. The van der Waals surface area contributed by atoms with Crippen molar-refractivity contribution < 1.29 is 13.2 Å². The largest absolute Gasteiger partial charge is 0.354 e. The number of amides is 1. The Morgan fingerprint density at radius 1 is 1.47 bits per heavy atom. The fourth-order valence-corrected chi connectivity index (χ4v) is 2.95. The van der Waals surface area contributed by atoms with Crippen LogP contribution in [0.1, 0.15) is 19.3 Å². The van der Waals surface area contributed by atoms with Crippen molar-refractivity contribution in [1.29, 1.82) is 0 Å². The van der Waals surface area contributed by atoms with E-state index in [0.29, 0.717) is 25.3 Å². The molecule has 15 heavy (non-hydrogen) atoms. The molecule has 1 unspecified atom stereocenters. The van der Waals surface area contributed by atoms with Crippen LogP contribution in [-0.2, 0) is 14.8 Å². The molecule has 1 fully saturated rings. The summed E-state index contributed by atoms with van der Waals surface area (Å²) in [6.45, 7) is 0.383. The van der Waals surface area contributed by atoms with Gasteiger partial charge in [-0.3, -0.25) is 4.79 Å². The van der Waals surface area contributed by atoms with Gasteiger partial charge >= 0.3 is 0 Å². The third-order valence-corrected chi connectivity index (χ3v) is 3.91. The van der Waals surface area contributed by atoms with Gasteiger partial charge in [0.05, 0.1) is 5.75 Å². The first kappa shape index (κ1) is 12.7. The normalized spacial score (nSPS) is 21.7. The van der Waals surface area contributed by atoms with E-state index in [9.17, 15) is 13.2 Å². The quantitative estimate of drug-likeness (QED) is 0.510. The molecule has 0 aromatic heterocycles. The summed E-state index contributed by atoms with van der Waals surface area (Å²) in [5, 5.41) is 2.57. The summed E-state index contributed by atoms with van der Waals surface area (Å²) in [5.41, 5.74) is 0. The summed E-state index contributed by atoms with van der Waals surface area (Å²) < 4.78 is 25.4. The van der Waals surface area contributed by atoms with Gasteiger partial charge in [0.2, 0.25) is 15.9 Å². The smallest absolute Gasteiger partial charge is 0.221 e. The lowest BCUT2D eigenvalue weighted by Gasteiger charge is -2.10. The number of carbonyl (C=O) groups excluding carboxylic acids is 1. The van der Waals surface area contributed by atoms with E-state index in [-0.39, 0.29) is 24.1 Å². The number of hydrogen-bond acceptors (Lipinski definition) is 3. The molecular formula is C8H15ClN2O3S. The first-order chi connectivity index (χ1) is 7.03. The summed E-state index contributed by atoms with van der Waals surface area (Å²) in [6.07, 6.45) is 1.46. The minimum atomic E-state index is -3.26. The van der Waals surface area contributed by atoms with Crippen molar-refractivity contribution in [3.8, 4) is 0 Å². The summed E-state index contributed by atoms with van der Waals surface area (Å²) in [6, 6.07) is -0.293. The Bertz CT molecular complexity index is 318. The number of carbonyl (C=O) groups is 1. The lowest BCUT2D eigenvalue weighted by molar-refractivity contribution is -0.119. The van der Waals surface area contributed by atoms with Gasteiger partial charge in [-0.1, -0.05) is 0 Å². The van der Waals surface area contributed by atoms with E-state index in [0.717, 1.165) is 0 Å². The molecule has 0 aromatic rings. The molecular weight excluding hydrogens is 240 g/mol. The summed E-state index contributed by atoms with van der Waals surface area (Å²) >= 11 is 5.45. The molecule has 0 spiro atoms. The van der Waals surface area contributed by atoms with Crippen molar-refractivity contribution in [2.24, 2.45) is 0 Å². The van der Waals surface area contributed by atoms with E-state index < -0.39 is 10.0 Å². The van der Waals surface area contributed by atoms with Gasteiger partial charge in [-0.2, -0.15) is 0 Å². The van der Waals surface area contributed by atoms with Crippen LogP contribution in [0.15, 0.2) is 0 Å². The van der Waals surface area contributed by atoms with Gasteiger partial charge in [0.15, 0.2) is 0 Å². The number of hydrogen-bond donors (Lipinski definition) is 2. The first-order valence-electron chi connectivity index (χ1n) is 4.86. The second-order valence-corrected chi connectivity index (χ2v) is 5.79. The maximum atomic E-state index is 11.5. The summed E-state index contributed by atoms with van der Waals surface area (Å²) in [4.78, 5) is 10.8. The zero-order valence-electron chi connectivity index (χ0n) is 8.33. The molecule has 0 aromatic carbocycles. The van der Waals surface area contributed by atoms with Gasteiger partial charge in [0, 0.05) is 24.9 Å². The highest BCUT2D eigenvalue weighted by atomic mass is 35.5. The van der Waals surface area contributed by atoms with Gasteiger partial charge in [-0.25, -0.2) is 13.1 Å². The Morgan fingerprint density at radius 2 is 2.20 bits per heavy atom. The Kier molecular flexibility index (Phi) is 4.82. The molecule has 1 amide bonds. The van der Waals surface area contributed by atoms with Crippen LogP contribution in [0.25, 0.3) is 0 Å². The molecule has 7 heteroatoms. The molecule has 2 N–H and O–H groups in total. The minimum absolute atomic E-state index is 0.0738. The molecule has 0 bridgehead atoms. The second-order valence-electron chi connectivity index (χ2n) is 3.54. The lowest BCUT2D eigenvalue weighted by Crippen LogP contribution is -2.37. The molecule has 1 aliphatic rings. The molecule has 0 aliphatic carbocycles. The summed E-state index contributed by atoms with van der Waals surface area (Å²) in [7, 11) is -3.26. The van der Waals surface area contributed by atoms with E-state index >= 15 is 0 Å². The zero-order chi connectivity index (χ0) is 11.3. The molecule has 0 radical (unpaired) electrons. The van der Waals surface area contributed by atoms with Crippen LogP contribution < -0.4 is 10.0 Å². The SMILES string of the molecule is O=C1CC(NS(=O)(=O)CCCCCl)CN1. The van der Waals surface area contributed by atoms with Crippen molar-refractivity contribution in [3.63, 3.8) is 0 Å². The highest BCUT2D eigenvalue weighted by Gasteiger charge is 2.25. The van der Waals surface area contributed by atoms with Gasteiger partial charge in [-0.15, -0.1) is 11.6 Å². The van der Waals surface area contributed by atoms with Crippen molar-refractivity contribution in [2.75, 3.05) is 18.2 Å². The molecule has 1 aliphatic heterocycles. The molecule has 1 rings (SSSR count). The Labute approximate surface area is 94.6 Å². The van der Waals surface area contributed by atoms with Gasteiger partial charge in [-0.05, 0) is 12.8 Å². The van der Waals surface area contributed by atoms with E-state index in [1.807, 2.05) is 0 Å². The van der Waals surface area contributed by atoms with E-state index in [4.69, 9.17) is 11.6 Å². The van der Waals surface area contributed by atoms with Crippen LogP contribution in [0.2, 0.25) is 0 Å². The molecule has 1 saturated heterocycles. The molecule has 1 heterocycles. The van der Waals surface area contributed by atoms with Crippen LogP contribution >= 0.6 is 11.6 Å². The number of nitrogens with one attached hydrogen (secondary N) is 2. The summed E-state index contributed by atoms with van der Waals surface area (Å²) in [5.74, 6) is 0.437. The third-order valence-electron chi connectivity index (χ3n) is 2.12. The number of alkyl halides is 1. The maximum Gasteiger partial charge on any atom is 0.221 e. The van der Waals surface area contributed by atoms with Gasteiger partial charge < -0.3 is 5.32 Å². The zero-order valence-corrected chi connectivity index (χ0v) is 9.90. The third kappa shape index (κ3) is 4.81. The van der Waals surface area contributed by atoms with Crippen molar-refractivity contribution in [2.45, 2.75) is 25.3 Å². The van der Waals surface area contributed by atoms with Crippen LogP contribution in [0.4, 0.5) is 0 Å². The van der Waals surface area contributed by atoms with Crippen molar-refractivity contribution in [3.05, 3.63) is 0 Å². The molecule has 0 saturated carbocycles. The fourth-order valence-electron chi connectivity index (χ4n) is 1.39. The van der Waals surface area contributed by atoms with E-state index in [2.05, 4.69) is 10.0 Å². The second kappa shape index (κ2) is 5.67. The molecule has 5 nitrogen and oxygen atoms in total. The Balaban J connectivity index is 2.32. The topological polar surface area (TPSA) is 75.3 Å². The van der Waals surface area contributed by atoms with Crippen LogP contribution in [0.5, 0.6) is 0 Å². The predicted molar refractivity (Wildman–Crippen MR) is 58.3 cm³/mol. The monoisotopic (exact) mass is 254 g/mol. The van der Waals surface area contributed by atoms with Crippen LogP contribution in [0, 0.1) is 0 Å². The molecule has 88 valence electrons. The molecule has 1 atom stereocenters. The standard InChI is InChI=1S/C8H15ClN2O3S/c9-3-1-2-4-15(13,14)11-7-5-8(12)10-6-7/h7,11H,1-6H2,(H,10,12).